The number of alkyl halides is 3. The van der Waals surface area contributed by atoms with Crippen LogP contribution in [-0.4, -0.2) is 12.7 Å². The van der Waals surface area contributed by atoms with Crippen LogP contribution in [-0.2, 0) is 6.42 Å². The van der Waals surface area contributed by atoms with Crippen molar-refractivity contribution in [2.24, 2.45) is 0 Å². The summed E-state index contributed by atoms with van der Waals surface area (Å²) in [5, 5.41) is 3.32. The lowest BCUT2D eigenvalue weighted by Crippen LogP contribution is -2.20. The van der Waals surface area contributed by atoms with Crippen LogP contribution in [0, 0.1) is 0 Å². The van der Waals surface area contributed by atoms with Gasteiger partial charge in [-0.2, -0.15) is 13.2 Å². The summed E-state index contributed by atoms with van der Waals surface area (Å²) in [6.07, 6.45) is -1.91. The molecule has 1 heterocycles. The normalized spacial score (nSPS) is 19.2. The third kappa shape index (κ3) is 3.87. The molecule has 1 N–H and O–H groups in total. The monoisotopic (exact) mass is 297 g/mol. The van der Waals surface area contributed by atoms with Crippen molar-refractivity contribution in [3.63, 3.8) is 0 Å². The number of rotatable bonds is 5. The molecule has 102 valence electrons. The van der Waals surface area contributed by atoms with E-state index in [0.717, 1.165) is 17.2 Å². The first-order valence-corrected chi connectivity index (χ1v) is 7.23. The predicted molar refractivity (Wildman–Crippen MR) is 68.3 cm³/mol. The van der Waals surface area contributed by atoms with Gasteiger partial charge in [-0.1, -0.05) is 11.6 Å². The van der Waals surface area contributed by atoms with Crippen LogP contribution in [0.3, 0.4) is 0 Å². The Bertz CT molecular complexity index is 403. The maximum absolute atomic E-state index is 12.0. The van der Waals surface area contributed by atoms with Crippen molar-refractivity contribution in [1.82, 2.24) is 5.32 Å². The topological polar surface area (TPSA) is 12.0 Å². The molecule has 2 rings (SSSR count). The van der Waals surface area contributed by atoms with Crippen LogP contribution in [0.5, 0.6) is 0 Å². The molecule has 0 saturated carbocycles. The first-order valence-electron chi connectivity index (χ1n) is 6.04. The predicted octanol–water partition coefficient (Wildman–Crippen LogP) is 4.71. The van der Waals surface area contributed by atoms with Crippen molar-refractivity contribution in [3.8, 4) is 0 Å². The molecule has 1 aliphatic carbocycles. The van der Waals surface area contributed by atoms with E-state index in [1.165, 1.54) is 10.4 Å². The van der Waals surface area contributed by atoms with E-state index in [2.05, 4.69) is 5.32 Å². The van der Waals surface area contributed by atoms with Gasteiger partial charge in [0, 0.05) is 17.3 Å². The Labute approximate surface area is 113 Å². The second-order valence-corrected chi connectivity index (χ2v) is 6.31. The lowest BCUT2D eigenvalue weighted by atomic mass is 10.1. The van der Waals surface area contributed by atoms with Crippen molar-refractivity contribution < 1.29 is 13.2 Å². The third-order valence-corrected chi connectivity index (χ3v) is 4.46. The van der Waals surface area contributed by atoms with E-state index >= 15 is 0 Å². The van der Waals surface area contributed by atoms with Gasteiger partial charge in [0.1, 0.15) is 0 Å². The molecule has 1 aromatic rings. The van der Waals surface area contributed by atoms with Crippen LogP contribution in [0.4, 0.5) is 13.2 Å². The highest BCUT2D eigenvalue weighted by molar-refractivity contribution is 7.16. The van der Waals surface area contributed by atoms with E-state index in [0.29, 0.717) is 13.0 Å². The fraction of sp³-hybridized carbons (Fsp3) is 0.667. The Morgan fingerprint density at radius 1 is 1.39 bits per heavy atom. The molecule has 0 radical (unpaired) electrons. The van der Waals surface area contributed by atoms with Crippen LogP contribution in [0.1, 0.15) is 42.2 Å². The quantitative estimate of drug-likeness (QED) is 0.776. The van der Waals surface area contributed by atoms with Gasteiger partial charge in [-0.25, -0.2) is 0 Å². The molecule has 0 amide bonds. The zero-order valence-electron chi connectivity index (χ0n) is 9.82. The second-order valence-electron chi connectivity index (χ2n) is 4.55. The van der Waals surface area contributed by atoms with Crippen molar-refractivity contribution >= 4 is 22.9 Å². The molecule has 0 fully saturated rings. The Kier molecular flexibility index (Phi) is 4.56. The molecule has 1 unspecified atom stereocenters. The summed E-state index contributed by atoms with van der Waals surface area (Å²) in [6.45, 7) is 0.633. The molecule has 0 aromatic carbocycles. The number of hydrogen-bond acceptors (Lipinski definition) is 2. The first-order chi connectivity index (χ1) is 8.46. The van der Waals surface area contributed by atoms with Gasteiger partial charge in [0.2, 0.25) is 0 Å². The Balaban J connectivity index is 1.69. The van der Waals surface area contributed by atoms with Crippen molar-refractivity contribution in [1.29, 1.82) is 0 Å². The molecule has 6 heteroatoms. The molecule has 18 heavy (non-hydrogen) atoms. The van der Waals surface area contributed by atoms with Crippen molar-refractivity contribution in [3.05, 3.63) is 20.8 Å². The van der Waals surface area contributed by atoms with E-state index in [1.54, 1.807) is 11.3 Å². The Hall–Kier alpha value is -0.260. The van der Waals surface area contributed by atoms with Crippen LogP contribution < -0.4 is 5.32 Å². The van der Waals surface area contributed by atoms with Gasteiger partial charge in [-0.05, 0) is 43.9 Å². The number of thiophene rings is 1. The Morgan fingerprint density at radius 2 is 2.17 bits per heavy atom. The van der Waals surface area contributed by atoms with E-state index < -0.39 is 12.6 Å². The SMILES string of the molecule is FC(F)(F)CCCCNC1CCc2sc(Cl)cc21. The highest BCUT2D eigenvalue weighted by atomic mass is 35.5. The molecule has 1 aliphatic rings. The second kappa shape index (κ2) is 5.80. The lowest BCUT2D eigenvalue weighted by Gasteiger charge is -2.13. The standard InChI is InChI=1S/C12H15ClF3NS/c13-11-7-8-9(3-4-10(8)18-11)17-6-2-1-5-12(14,15)16/h7,9,17H,1-6H2. The van der Waals surface area contributed by atoms with Crippen molar-refractivity contribution in [2.75, 3.05) is 6.54 Å². The van der Waals surface area contributed by atoms with Gasteiger partial charge in [-0.15, -0.1) is 11.3 Å². The highest BCUT2D eigenvalue weighted by Crippen LogP contribution is 2.39. The smallest absolute Gasteiger partial charge is 0.310 e. The average molecular weight is 298 g/mol. The maximum Gasteiger partial charge on any atom is 0.389 e. The molecule has 0 saturated heterocycles. The number of halogens is 4. The van der Waals surface area contributed by atoms with Crippen LogP contribution in [0.25, 0.3) is 0 Å². The van der Waals surface area contributed by atoms with Gasteiger partial charge in [0.05, 0.1) is 4.34 Å². The number of fused-ring (bicyclic) bond motifs is 1. The minimum absolute atomic E-state index is 0.195. The Morgan fingerprint density at radius 3 is 2.89 bits per heavy atom. The van der Waals surface area contributed by atoms with Gasteiger partial charge in [0.25, 0.3) is 0 Å². The number of nitrogens with one attached hydrogen (secondary N) is 1. The van der Waals surface area contributed by atoms with Gasteiger partial charge >= 0.3 is 6.18 Å². The molecular weight excluding hydrogens is 283 g/mol. The first kappa shape index (κ1) is 14.2. The lowest BCUT2D eigenvalue weighted by molar-refractivity contribution is -0.135. The van der Waals surface area contributed by atoms with Crippen LogP contribution in [0.2, 0.25) is 4.34 Å². The number of aryl methyl sites for hydroxylation is 1. The maximum atomic E-state index is 12.0. The van der Waals surface area contributed by atoms with Crippen LogP contribution >= 0.6 is 22.9 Å². The third-order valence-electron chi connectivity index (χ3n) is 3.12. The largest absolute Gasteiger partial charge is 0.389 e. The zero-order chi connectivity index (χ0) is 13.2. The molecule has 0 spiro atoms. The minimum Gasteiger partial charge on any atom is -0.310 e. The summed E-state index contributed by atoms with van der Waals surface area (Å²) in [7, 11) is 0. The zero-order valence-corrected chi connectivity index (χ0v) is 11.4. The van der Waals surface area contributed by atoms with Crippen LogP contribution in [0.15, 0.2) is 6.07 Å². The van der Waals surface area contributed by atoms with Crippen molar-refractivity contribution in [2.45, 2.75) is 44.3 Å². The summed E-state index contributed by atoms with van der Waals surface area (Å²) in [4.78, 5) is 1.31. The van der Waals surface area contributed by atoms with Gasteiger partial charge in [0.15, 0.2) is 0 Å². The number of hydrogen-bond donors (Lipinski definition) is 1. The van der Waals surface area contributed by atoms with E-state index in [4.69, 9.17) is 11.6 Å². The minimum atomic E-state index is -4.03. The fourth-order valence-corrected chi connectivity index (χ4v) is 3.63. The molecule has 0 bridgehead atoms. The summed E-state index contributed by atoms with van der Waals surface area (Å²) in [5.41, 5.74) is 1.24. The highest BCUT2D eigenvalue weighted by Gasteiger charge is 2.26. The molecule has 1 nitrogen and oxygen atoms in total. The summed E-state index contributed by atoms with van der Waals surface area (Å²) in [5.74, 6) is 0. The molecular formula is C12H15ClF3NS. The van der Waals surface area contributed by atoms with E-state index in [1.807, 2.05) is 6.07 Å². The summed E-state index contributed by atoms with van der Waals surface area (Å²) in [6, 6.07) is 2.25. The van der Waals surface area contributed by atoms with Gasteiger partial charge < -0.3 is 5.32 Å². The molecule has 1 atom stereocenters. The fourth-order valence-electron chi connectivity index (χ4n) is 2.27. The summed E-state index contributed by atoms with van der Waals surface area (Å²) < 4.78 is 36.6. The average Bonchev–Trinajstić information content (AvgIpc) is 2.76. The number of unbranched alkanes of at least 4 members (excludes halogenated alkanes) is 1. The molecule has 1 aromatic heterocycles. The molecule has 0 aliphatic heterocycles. The van der Waals surface area contributed by atoms with E-state index in [-0.39, 0.29) is 12.5 Å². The van der Waals surface area contributed by atoms with E-state index in [9.17, 15) is 13.2 Å². The van der Waals surface area contributed by atoms with Gasteiger partial charge in [-0.3, -0.25) is 0 Å². The summed E-state index contributed by atoms with van der Waals surface area (Å²) >= 11 is 7.55.